The van der Waals surface area contributed by atoms with Crippen LogP contribution in [0.5, 0.6) is 11.5 Å². The number of hydrogen-bond acceptors (Lipinski definition) is 11. The molecule has 0 saturated carbocycles. The van der Waals surface area contributed by atoms with E-state index in [1.54, 1.807) is 0 Å². The van der Waals surface area contributed by atoms with Crippen LogP contribution in [0.15, 0.2) is 101 Å². The minimum absolute atomic E-state index is 0.0963. The van der Waals surface area contributed by atoms with Crippen LogP contribution >= 0.6 is 0 Å². The molecule has 0 amide bonds. The molecule has 6 aromatic rings. The summed E-state index contributed by atoms with van der Waals surface area (Å²) in [5.74, 6) is -0.611. The molecule has 0 saturated heterocycles. The van der Waals surface area contributed by atoms with Gasteiger partial charge in [0.25, 0.3) is 11.1 Å². The van der Waals surface area contributed by atoms with Crippen LogP contribution in [-0.4, -0.2) is 45.9 Å². The molecule has 0 radical (unpaired) electrons. The molecule has 4 heterocycles. The quantitative estimate of drug-likeness (QED) is 0.271. The van der Waals surface area contributed by atoms with Crippen molar-refractivity contribution in [1.29, 1.82) is 0 Å². The van der Waals surface area contributed by atoms with Crippen LogP contribution < -0.4 is 20.8 Å². The molecule has 210 valence electrons. The molecule has 0 aliphatic carbocycles. The van der Waals surface area contributed by atoms with Crippen molar-refractivity contribution in [1.82, 2.24) is 29.4 Å². The van der Waals surface area contributed by atoms with Crippen molar-refractivity contribution >= 4 is 28.4 Å². The summed E-state index contributed by atoms with van der Waals surface area (Å²) in [7, 11) is 0. The number of nitrogens with zero attached hydrogens (tertiary/aromatic N) is 6. The number of benzene rings is 2. The smallest absolute Gasteiger partial charge is 0.299 e. The Balaban J connectivity index is 0.000000169. The predicted molar refractivity (Wildman–Crippen MR) is 150 cm³/mol. The van der Waals surface area contributed by atoms with E-state index in [1.807, 2.05) is 60.7 Å². The molecule has 0 aliphatic heterocycles. The minimum Gasteiger partial charge on any atom is -0.507 e. The highest BCUT2D eigenvalue weighted by Crippen LogP contribution is 2.22. The van der Waals surface area contributed by atoms with Crippen LogP contribution in [0, 0.1) is 0 Å². The Morgan fingerprint density at radius 1 is 0.738 bits per heavy atom. The molecule has 13 nitrogen and oxygen atoms in total. The lowest BCUT2D eigenvalue weighted by atomic mass is 10.2. The fourth-order valence-corrected chi connectivity index (χ4v) is 3.90. The standard InChI is InChI=1S/C15H11N3O4.C14H11N3O3/c19-7-12-13(20)11-6-16-9-17-14(11)18(15(12)21)22-8-10-4-2-1-3-5-10;18-12-6-13(19)17(14-11(12)7-15-9-16-14)20-8-10-4-2-1-3-5-10/h1-7,9,20H,8H2;1-7,9,18H,8H2. The van der Waals surface area contributed by atoms with Crippen LogP contribution in [0.25, 0.3) is 22.1 Å². The number of aldehydes is 1. The molecule has 2 N–H and O–H groups in total. The van der Waals surface area contributed by atoms with Crippen molar-refractivity contribution in [3.05, 3.63) is 129 Å². The molecule has 2 aromatic carbocycles. The van der Waals surface area contributed by atoms with Gasteiger partial charge < -0.3 is 19.9 Å². The number of hydrogen-bond donors (Lipinski definition) is 2. The summed E-state index contributed by atoms with van der Waals surface area (Å²) in [4.78, 5) is 61.7. The lowest BCUT2D eigenvalue weighted by Gasteiger charge is -2.12. The Kier molecular flexibility index (Phi) is 8.09. The van der Waals surface area contributed by atoms with Crippen LogP contribution in [0.4, 0.5) is 0 Å². The van der Waals surface area contributed by atoms with E-state index in [4.69, 9.17) is 9.68 Å². The lowest BCUT2D eigenvalue weighted by Crippen LogP contribution is -2.30. The number of carbonyl (C=O) groups excluding carboxylic acids is 1. The zero-order chi connectivity index (χ0) is 29.5. The summed E-state index contributed by atoms with van der Waals surface area (Å²) in [5, 5.41) is 20.2. The summed E-state index contributed by atoms with van der Waals surface area (Å²) >= 11 is 0. The Morgan fingerprint density at radius 2 is 1.26 bits per heavy atom. The summed E-state index contributed by atoms with van der Waals surface area (Å²) < 4.78 is 1.96. The van der Waals surface area contributed by atoms with Crippen LogP contribution in [0.3, 0.4) is 0 Å². The first-order valence-electron chi connectivity index (χ1n) is 12.4. The second-order valence-electron chi connectivity index (χ2n) is 8.68. The highest BCUT2D eigenvalue weighted by molar-refractivity contribution is 5.91. The maximum absolute atomic E-state index is 12.2. The first kappa shape index (κ1) is 27.5. The Labute approximate surface area is 236 Å². The number of pyridine rings is 2. The fraction of sp³-hybridized carbons (Fsp3) is 0.0690. The molecular formula is C29H22N6O7. The first-order chi connectivity index (χ1) is 20.5. The predicted octanol–water partition coefficient (Wildman–Crippen LogP) is 2.06. The van der Waals surface area contributed by atoms with E-state index in [9.17, 15) is 24.6 Å². The lowest BCUT2D eigenvalue weighted by molar-refractivity contribution is 0.0952. The third-order valence-corrected chi connectivity index (χ3v) is 5.95. The molecule has 13 heteroatoms. The highest BCUT2D eigenvalue weighted by atomic mass is 16.7. The maximum Gasteiger partial charge on any atom is 0.299 e. The van der Waals surface area contributed by atoms with Crippen LogP contribution in [0.2, 0.25) is 0 Å². The average molecular weight is 567 g/mol. The number of carbonyl (C=O) groups is 1. The zero-order valence-corrected chi connectivity index (χ0v) is 21.8. The SMILES string of the molecule is O=Cc1c(O)c2cncnc2n(OCc2ccccc2)c1=O.O=c1cc(O)c2cncnc2n1OCc1ccccc1. The molecule has 0 unspecified atom stereocenters. The van der Waals surface area contributed by atoms with Crippen molar-refractivity contribution < 1.29 is 24.7 Å². The van der Waals surface area contributed by atoms with Gasteiger partial charge in [0.1, 0.15) is 42.9 Å². The molecule has 0 fully saturated rings. The molecule has 42 heavy (non-hydrogen) atoms. The van der Waals surface area contributed by atoms with E-state index < -0.39 is 22.4 Å². The van der Waals surface area contributed by atoms with Crippen LogP contribution in [0.1, 0.15) is 21.5 Å². The van der Waals surface area contributed by atoms with Gasteiger partial charge in [-0.25, -0.2) is 19.9 Å². The Morgan fingerprint density at radius 3 is 1.83 bits per heavy atom. The summed E-state index contributed by atoms with van der Waals surface area (Å²) in [6.45, 7) is 0.341. The van der Waals surface area contributed by atoms with Crippen molar-refractivity contribution in [2.75, 3.05) is 0 Å². The first-order valence-corrected chi connectivity index (χ1v) is 12.4. The molecule has 0 atom stereocenters. The van der Waals surface area contributed by atoms with Crippen molar-refractivity contribution in [3.63, 3.8) is 0 Å². The molecule has 4 aromatic heterocycles. The van der Waals surface area contributed by atoms with E-state index >= 15 is 0 Å². The van der Waals surface area contributed by atoms with Crippen molar-refractivity contribution in [2.24, 2.45) is 0 Å². The van der Waals surface area contributed by atoms with Crippen LogP contribution in [-0.2, 0) is 13.2 Å². The van der Waals surface area contributed by atoms with Crippen molar-refractivity contribution in [2.45, 2.75) is 13.2 Å². The van der Waals surface area contributed by atoms with Gasteiger partial charge in [0.05, 0.1) is 10.8 Å². The number of aromatic hydroxyl groups is 2. The maximum atomic E-state index is 12.2. The van der Waals surface area contributed by atoms with E-state index in [-0.39, 0.29) is 41.9 Å². The summed E-state index contributed by atoms with van der Waals surface area (Å²) in [6.07, 6.45) is 5.55. The Bertz CT molecular complexity index is 1980. The van der Waals surface area contributed by atoms with Gasteiger partial charge in [0.2, 0.25) is 0 Å². The van der Waals surface area contributed by atoms with E-state index in [1.165, 1.54) is 25.0 Å². The van der Waals surface area contributed by atoms with E-state index in [0.29, 0.717) is 5.39 Å². The average Bonchev–Trinajstić information content (AvgIpc) is 3.02. The summed E-state index contributed by atoms with van der Waals surface area (Å²) in [6, 6.07) is 19.8. The molecular weight excluding hydrogens is 544 g/mol. The van der Waals surface area contributed by atoms with Gasteiger partial charge >= 0.3 is 0 Å². The highest BCUT2D eigenvalue weighted by Gasteiger charge is 2.18. The second kappa shape index (κ2) is 12.4. The second-order valence-corrected chi connectivity index (χ2v) is 8.68. The minimum atomic E-state index is -0.769. The van der Waals surface area contributed by atoms with Gasteiger partial charge in [0, 0.05) is 18.5 Å². The number of rotatable bonds is 7. The topological polar surface area (TPSA) is 172 Å². The van der Waals surface area contributed by atoms with Gasteiger partial charge in [-0.3, -0.25) is 14.4 Å². The van der Waals surface area contributed by atoms with Gasteiger partial charge in [-0.05, 0) is 11.1 Å². The molecule has 0 spiro atoms. The third kappa shape index (κ3) is 5.74. The summed E-state index contributed by atoms with van der Waals surface area (Å²) in [5.41, 5.74) is 0.460. The largest absolute Gasteiger partial charge is 0.507 e. The fourth-order valence-electron chi connectivity index (χ4n) is 3.90. The van der Waals surface area contributed by atoms with Gasteiger partial charge in [-0.2, -0.15) is 0 Å². The Hall–Kier alpha value is -6.11. The molecule has 0 bridgehead atoms. The van der Waals surface area contributed by atoms with Gasteiger partial charge in [0.15, 0.2) is 17.6 Å². The molecule has 6 rings (SSSR count). The zero-order valence-electron chi connectivity index (χ0n) is 21.8. The third-order valence-electron chi connectivity index (χ3n) is 5.95. The number of aromatic nitrogens is 6. The normalized spacial score (nSPS) is 10.6. The molecule has 0 aliphatic rings. The van der Waals surface area contributed by atoms with E-state index in [0.717, 1.165) is 26.7 Å². The number of fused-ring (bicyclic) bond motifs is 2. The van der Waals surface area contributed by atoms with Crippen molar-refractivity contribution in [3.8, 4) is 11.5 Å². The van der Waals surface area contributed by atoms with Gasteiger partial charge in [-0.15, -0.1) is 9.46 Å². The van der Waals surface area contributed by atoms with Gasteiger partial charge in [-0.1, -0.05) is 60.7 Å². The monoisotopic (exact) mass is 566 g/mol. The van der Waals surface area contributed by atoms with E-state index in [2.05, 4.69) is 19.9 Å².